The van der Waals surface area contributed by atoms with Gasteiger partial charge in [0.05, 0.1) is 0 Å². The highest BCUT2D eigenvalue weighted by Gasteiger charge is 1.96. The molecule has 1 amide bonds. The van der Waals surface area contributed by atoms with Crippen LogP contribution in [-0.2, 0) is 4.79 Å². The molecule has 3 nitrogen and oxygen atoms in total. The number of nitrogens with two attached hydrogens (primary N) is 1. The van der Waals surface area contributed by atoms with Crippen LogP contribution in [-0.4, -0.2) is 17.4 Å². The van der Waals surface area contributed by atoms with Crippen LogP contribution in [0.4, 0.5) is 0 Å². The third-order valence-electron chi connectivity index (χ3n) is 1.28. The third-order valence-corrected chi connectivity index (χ3v) is 2.35. The summed E-state index contributed by atoms with van der Waals surface area (Å²) in [6, 6.07) is 0. The van der Waals surface area contributed by atoms with Crippen molar-refractivity contribution in [3.8, 4) is 0 Å². The summed E-state index contributed by atoms with van der Waals surface area (Å²) < 4.78 is 0. The number of amides is 1. The van der Waals surface area contributed by atoms with Crippen LogP contribution in [0, 0.1) is 0 Å². The summed E-state index contributed by atoms with van der Waals surface area (Å²) in [6.45, 7) is 2.16. The van der Waals surface area contributed by atoms with Crippen molar-refractivity contribution in [3.63, 3.8) is 0 Å². The van der Waals surface area contributed by atoms with Gasteiger partial charge in [-0.1, -0.05) is 13.3 Å². The molecule has 3 N–H and O–H groups in total. The zero-order valence-corrected chi connectivity index (χ0v) is 7.75. The van der Waals surface area contributed by atoms with Gasteiger partial charge in [-0.15, -0.1) is 0 Å². The lowest BCUT2D eigenvalue weighted by Gasteiger charge is -1.98. The number of hydrazine groups is 1. The van der Waals surface area contributed by atoms with Gasteiger partial charge in [0, 0.05) is 12.2 Å². The first-order chi connectivity index (χ1) is 5.31. The van der Waals surface area contributed by atoms with Crippen LogP contribution in [0.1, 0.15) is 26.2 Å². The van der Waals surface area contributed by atoms with Crippen LogP contribution >= 0.6 is 11.8 Å². The fourth-order valence-electron chi connectivity index (χ4n) is 0.585. The number of carbonyl (C=O) groups excluding carboxylic acids is 1. The van der Waals surface area contributed by atoms with Gasteiger partial charge in [-0.2, -0.15) is 11.8 Å². The molecule has 4 heteroatoms. The van der Waals surface area contributed by atoms with Gasteiger partial charge in [0.1, 0.15) is 0 Å². The van der Waals surface area contributed by atoms with E-state index in [2.05, 4.69) is 12.3 Å². The Labute approximate surface area is 72.1 Å². The average molecular weight is 176 g/mol. The number of nitrogens with one attached hydrogen (secondary N) is 1. The maximum Gasteiger partial charge on any atom is 0.234 e. The highest BCUT2D eigenvalue weighted by molar-refractivity contribution is 7.99. The van der Waals surface area contributed by atoms with Crippen LogP contribution < -0.4 is 11.3 Å². The molecule has 0 aromatic rings. The lowest BCUT2D eigenvalue weighted by molar-refractivity contribution is -0.120. The van der Waals surface area contributed by atoms with Gasteiger partial charge in [0.2, 0.25) is 5.91 Å². The minimum absolute atomic E-state index is 0.0750. The summed E-state index contributed by atoms with van der Waals surface area (Å²) >= 11 is 1.81. The lowest BCUT2D eigenvalue weighted by atomic mass is 10.4. The second kappa shape index (κ2) is 7.88. The molecule has 0 aliphatic rings. The number of thioether (sulfide) groups is 1. The first-order valence-corrected chi connectivity index (χ1v) is 5.04. The van der Waals surface area contributed by atoms with E-state index >= 15 is 0 Å². The first-order valence-electron chi connectivity index (χ1n) is 3.88. The zero-order chi connectivity index (χ0) is 8.53. The normalized spacial score (nSPS) is 9.64. The minimum Gasteiger partial charge on any atom is -0.294 e. The van der Waals surface area contributed by atoms with E-state index in [0.717, 1.165) is 11.5 Å². The van der Waals surface area contributed by atoms with Crippen molar-refractivity contribution in [2.45, 2.75) is 26.2 Å². The molecule has 0 aromatic heterocycles. The SMILES string of the molecule is CCCCSCCC(=O)NN. The van der Waals surface area contributed by atoms with E-state index in [4.69, 9.17) is 5.84 Å². The fourth-order valence-corrected chi connectivity index (χ4v) is 1.61. The van der Waals surface area contributed by atoms with Crippen molar-refractivity contribution in [3.05, 3.63) is 0 Å². The molecule has 0 spiro atoms. The van der Waals surface area contributed by atoms with Crippen molar-refractivity contribution >= 4 is 17.7 Å². The summed E-state index contributed by atoms with van der Waals surface area (Å²) in [5, 5.41) is 0. The smallest absolute Gasteiger partial charge is 0.234 e. The van der Waals surface area contributed by atoms with E-state index in [-0.39, 0.29) is 5.91 Å². The van der Waals surface area contributed by atoms with Gasteiger partial charge >= 0.3 is 0 Å². The van der Waals surface area contributed by atoms with Crippen molar-refractivity contribution < 1.29 is 4.79 Å². The fraction of sp³-hybridized carbons (Fsp3) is 0.857. The quantitative estimate of drug-likeness (QED) is 0.274. The lowest BCUT2D eigenvalue weighted by Crippen LogP contribution is -2.30. The second-order valence-electron chi connectivity index (χ2n) is 2.28. The van der Waals surface area contributed by atoms with Crippen LogP contribution in [0.3, 0.4) is 0 Å². The van der Waals surface area contributed by atoms with Crippen LogP contribution in [0.15, 0.2) is 0 Å². The second-order valence-corrected chi connectivity index (χ2v) is 3.51. The van der Waals surface area contributed by atoms with E-state index in [1.807, 2.05) is 0 Å². The standard InChI is InChI=1S/C7H16N2OS/c1-2-3-5-11-6-4-7(10)9-8/h2-6,8H2,1H3,(H,9,10). The highest BCUT2D eigenvalue weighted by Crippen LogP contribution is 2.05. The Bertz CT molecular complexity index is 109. The maximum absolute atomic E-state index is 10.6. The molecule has 0 bridgehead atoms. The molecule has 11 heavy (non-hydrogen) atoms. The number of carbonyl (C=O) groups is 1. The summed E-state index contributed by atoms with van der Waals surface area (Å²) in [7, 11) is 0. The Hall–Kier alpha value is -0.220. The van der Waals surface area contributed by atoms with Crippen molar-refractivity contribution in [1.29, 1.82) is 0 Å². The van der Waals surface area contributed by atoms with Gasteiger partial charge in [-0.3, -0.25) is 10.2 Å². The number of unbranched alkanes of at least 4 members (excludes halogenated alkanes) is 1. The average Bonchev–Trinajstić information content (AvgIpc) is 2.04. The van der Waals surface area contributed by atoms with Gasteiger partial charge in [-0.25, -0.2) is 5.84 Å². The Balaban J connectivity index is 2.95. The molecule has 66 valence electrons. The van der Waals surface area contributed by atoms with E-state index in [9.17, 15) is 4.79 Å². The van der Waals surface area contributed by atoms with E-state index in [1.165, 1.54) is 12.8 Å². The number of rotatable bonds is 6. The monoisotopic (exact) mass is 176 g/mol. The summed E-state index contributed by atoms with van der Waals surface area (Å²) in [5.41, 5.74) is 2.10. The summed E-state index contributed by atoms with van der Waals surface area (Å²) in [5.74, 6) is 6.85. The van der Waals surface area contributed by atoms with Gasteiger partial charge in [0.15, 0.2) is 0 Å². The molecule has 0 rings (SSSR count). The molecule has 0 saturated carbocycles. The topological polar surface area (TPSA) is 55.1 Å². The van der Waals surface area contributed by atoms with Crippen molar-refractivity contribution in [2.24, 2.45) is 5.84 Å². The molecular formula is C7H16N2OS. The molecule has 0 fully saturated rings. The molecule has 0 aliphatic heterocycles. The molecule has 0 aliphatic carbocycles. The molecule has 0 atom stereocenters. The molecule has 0 aromatic carbocycles. The molecule has 0 unspecified atom stereocenters. The van der Waals surface area contributed by atoms with Crippen molar-refractivity contribution in [2.75, 3.05) is 11.5 Å². The number of hydrogen-bond acceptors (Lipinski definition) is 3. The van der Waals surface area contributed by atoms with Gasteiger partial charge in [-0.05, 0) is 12.2 Å². The minimum atomic E-state index is -0.0750. The van der Waals surface area contributed by atoms with Crippen LogP contribution in [0.5, 0.6) is 0 Å². The maximum atomic E-state index is 10.6. The third kappa shape index (κ3) is 7.68. The van der Waals surface area contributed by atoms with Crippen LogP contribution in [0.2, 0.25) is 0 Å². The largest absolute Gasteiger partial charge is 0.294 e. The summed E-state index contributed by atoms with van der Waals surface area (Å²) in [6.07, 6.45) is 2.98. The Kier molecular flexibility index (Phi) is 7.72. The van der Waals surface area contributed by atoms with Gasteiger partial charge < -0.3 is 0 Å². The molecular weight excluding hydrogens is 160 g/mol. The molecule has 0 radical (unpaired) electrons. The van der Waals surface area contributed by atoms with Crippen molar-refractivity contribution in [1.82, 2.24) is 5.43 Å². The summed E-state index contributed by atoms with van der Waals surface area (Å²) in [4.78, 5) is 10.6. The predicted molar refractivity (Wildman–Crippen MR) is 49.2 cm³/mol. The Morgan fingerprint density at radius 2 is 2.27 bits per heavy atom. The molecule has 0 heterocycles. The Morgan fingerprint density at radius 1 is 1.55 bits per heavy atom. The zero-order valence-electron chi connectivity index (χ0n) is 6.93. The van der Waals surface area contributed by atoms with Gasteiger partial charge in [0.25, 0.3) is 0 Å². The van der Waals surface area contributed by atoms with Crippen LogP contribution in [0.25, 0.3) is 0 Å². The Morgan fingerprint density at radius 3 is 2.82 bits per heavy atom. The van der Waals surface area contributed by atoms with E-state index in [1.54, 1.807) is 11.8 Å². The first kappa shape index (κ1) is 10.8. The highest BCUT2D eigenvalue weighted by atomic mass is 32.2. The van der Waals surface area contributed by atoms with E-state index in [0.29, 0.717) is 6.42 Å². The number of hydrogen-bond donors (Lipinski definition) is 2. The predicted octanol–water partition coefficient (Wildman–Crippen LogP) is 0.900. The van der Waals surface area contributed by atoms with E-state index < -0.39 is 0 Å². The molecule has 0 saturated heterocycles.